The number of rotatable bonds is 10. The molecular weight excluding hydrogens is 380 g/mol. The monoisotopic (exact) mass is 412 g/mol. The second kappa shape index (κ2) is 11.0. The van der Waals surface area contributed by atoms with Gasteiger partial charge in [0.1, 0.15) is 0 Å². The average Bonchev–Trinajstić information content (AvgIpc) is 3.05. The number of carbonyl (C=O) groups is 4. The topological polar surface area (TPSA) is 105 Å². The number of allylic oxidation sites excluding steroid dienone is 1. The third kappa shape index (κ3) is 4.79. The molecule has 1 saturated carbocycles. The molecule has 1 aliphatic rings. The van der Waals surface area contributed by atoms with Gasteiger partial charge in [0.2, 0.25) is 0 Å². The van der Waals surface area contributed by atoms with Crippen molar-refractivity contribution >= 4 is 23.9 Å². The van der Waals surface area contributed by atoms with E-state index in [-0.39, 0.29) is 32.8 Å². The van der Waals surface area contributed by atoms with Crippen LogP contribution in [0.15, 0.2) is 11.6 Å². The van der Waals surface area contributed by atoms with E-state index in [4.69, 9.17) is 18.9 Å². The van der Waals surface area contributed by atoms with Crippen molar-refractivity contribution in [3.8, 4) is 0 Å². The van der Waals surface area contributed by atoms with Crippen molar-refractivity contribution in [1.29, 1.82) is 0 Å². The Kier molecular flexibility index (Phi) is 9.33. The highest BCUT2D eigenvalue weighted by Crippen LogP contribution is 2.56. The van der Waals surface area contributed by atoms with E-state index < -0.39 is 41.1 Å². The summed E-state index contributed by atoms with van der Waals surface area (Å²) in [5.74, 6) is -3.32. The molecule has 0 aliphatic heterocycles. The minimum absolute atomic E-state index is 0.0346. The summed E-state index contributed by atoms with van der Waals surface area (Å²) in [6, 6.07) is 0. The van der Waals surface area contributed by atoms with E-state index in [2.05, 4.69) is 0 Å². The zero-order chi connectivity index (χ0) is 22.1. The third-order valence-corrected chi connectivity index (χ3v) is 4.87. The molecule has 0 spiro atoms. The number of hydrogen-bond donors (Lipinski definition) is 0. The smallest absolute Gasteiger partial charge is 0.327 e. The highest BCUT2D eigenvalue weighted by molar-refractivity contribution is 6.10. The summed E-state index contributed by atoms with van der Waals surface area (Å²) < 4.78 is 20.7. The fourth-order valence-electron chi connectivity index (χ4n) is 3.58. The first kappa shape index (κ1) is 24.7. The lowest BCUT2D eigenvalue weighted by Gasteiger charge is -2.28. The molecule has 29 heavy (non-hydrogen) atoms. The van der Waals surface area contributed by atoms with Gasteiger partial charge in [0.05, 0.1) is 26.4 Å². The Balaban J connectivity index is 3.69. The van der Waals surface area contributed by atoms with E-state index in [1.165, 1.54) is 0 Å². The van der Waals surface area contributed by atoms with Gasteiger partial charge in [-0.15, -0.1) is 0 Å². The number of unbranched alkanes of at least 4 members (excludes halogenated alkanes) is 1. The average molecular weight is 412 g/mol. The first-order chi connectivity index (χ1) is 13.8. The van der Waals surface area contributed by atoms with E-state index in [1.54, 1.807) is 33.8 Å². The van der Waals surface area contributed by atoms with Crippen molar-refractivity contribution in [2.75, 3.05) is 26.4 Å². The summed E-state index contributed by atoms with van der Waals surface area (Å²) in [7, 11) is 0. The van der Waals surface area contributed by atoms with Crippen molar-refractivity contribution < 1.29 is 38.1 Å². The highest BCUT2D eigenvalue weighted by Gasteiger charge is 2.68. The summed E-state index contributed by atoms with van der Waals surface area (Å²) >= 11 is 0. The van der Waals surface area contributed by atoms with Crippen LogP contribution < -0.4 is 0 Å². The second-order valence-corrected chi connectivity index (χ2v) is 6.74. The summed E-state index contributed by atoms with van der Waals surface area (Å²) in [5, 5.41) is 0. The molecule has 0 aromatic heterocycles. The fourth-order valence-corrected chi connectivity index (χ4v) is 3.58. The van der Waals surface area contributed by atoms with Crippen LogP contribution in [0.5, 0.6) is 0 Å². The molecule has 8 heteroatoms. The molecule has 0 bridgehead atoms. The van der Waals surface area contributed by atoms with E-state index in [1.807, 2.05) is 6.92 Å². The van der Waals surface area contributed by atoms with Crippen LogP contribution in [-0.4, -0.2) is 50.3 Å². The first-order valence-electron chi connectivity index (χ1n) is 10.2. The molecular formula is C21H32O8. The Morgan fingerprint density at radius 1 is 0.759 bits per heavy atom. The zero-order valence-corrected chi connectivity index (χ0v) is 18.0. The molecule has 0 radical (unpaired) electrons. The molecule has 0 amide bonds. The van der Waals surface area contributed by atoms with Crippen molar-refractivity contribution in [3.63, 3.8) is 0 Å². The molecule has 1 fully saturated rings. The van der Waals surface area contributed by atoms with E-state index in [9.17, 15) is 19.2 Å². The van der Waals surface area contributed by atoms with Gasteiger partial charge in [0, 0.05) is 6.42 Å². The largest absolute Gasteiger partial charge is 0.465 e. The van der Waals surface area contributed by atoms with Crippen LogP contribution in [0.25, 0.3) is 0 Å². The maximum absolute atomic E-state index is 13.0. The predicted octanol–water partition coefficient (Wildman–Crippen LogP) is 2.73. The molecule has 0 heterocycles. The van der Waals surface area contributed by atoms with Gasteiger partial charge in [-0.3, -0.25) is 19.2 Å². The number of hydrogen-bond acceptors (Lipinski definition) is 8. The van der Waals surface area contributed by atoms with Crippen LogP contribution in [0.4, 0.5) is 0 Å². The SMILES string of the molecule is CCC/C=C1\CC(C(=O)OCC)(C(=O)OCC)CC1(C(=O)OCC)C(=O)OCC. The number of carbonyl (C=O) groups excluding carboxylic acids is 4. The summed E-state index contributed by atoms with van der Waals surface area (Å²) in [5.41, 5.74) is -3.37. The van der Waals surface area contributed by atoms with Crippen LogP contribution >= 0.6 is 0 Å². The fraction of sp³-hybridized carbons (Fsp3) is 0.714. The van der Waals surface area contributed by atoms with Crippen LogP contribution in [-0.2, 0) is 38.1 Å². The quantitative estimate of drug-likeness (QED) is 0.233. The Morgan fingerprint density at radius 2 is 1.17 bits per heavy atom. The molecule has 0 N–H and O–H groups in total. The Hall–Kier alpha value is -2.38. The molecule has 1 rings (SSSR count). The molecule has 0 aromatic rings. The molecule has 0 aromatic carbocycles. The summed E-state index contributed by atoms with van der Waals surface area (Å²) in [6.07, 6.45) is 2.41. The van der Waals surface area contributed by atoms with Crippen molar-refractivity contribution in [2.24, 2.45) is 10.8 Å². The predicted molar refractivity (Wildman–Crippen MR) is 104 cm³/mol. The minimum Gasteiger partial charge on any atom is -0.465 e. The standard InChI is InChI=1S/C21H32O8/c1-6-11-12-15-13-20(16(22)26-7-2,17(23)27-8-3)14-21(15,18(24)28-9-4)19(25)29-10-5/h12H,6-11,13-14H2,1-5H3/b15-12+. The normalized spacial score (nSPS) is 18.2. The zero-order valence-electron chi connectivity index (χ0n) is 18.0. The second-order valence-electron chi connectivity index (χ2n) is 6.74. The molecule has 0 atom stereocenters. The third-order valence-electron chi connectivity index (χ3n) is 4.87. The Morgan fingerprint density at radius 3 is 1.55 bits per heavy atom. The maximum atomic E-state index is 13.0. The van der Waals surface area contributed by atoms with E-state index in [0.29, 0.717) is 12.0 Å². The maximum Gasteiger partial charge on any atom is 0.327 e. The number of ether oxygens (including phenoxy) is 4. The van der Waals surface area contributed by atoms with Gasteiger partial charge in [-0.05, 0) is 46.1 Å². The minimum atomic E-state index is -1.89. The lowest BCUT2D eigenvalue weighted by molar-refractivity contribution is -0.175. The van der Waals surface area contributed by atoms with Crippen molar-refractivity contribution in [2.45, 2.75) is 60.3 Å². The number of esters is 4. The van der Waals surface area contributed by atoms with Crippen LogP contribution in [0.1, 0.15) is 60.3 Å². The van der Waals surface area contributed by atoms with Gasteiger partial charge in [-0.1, -0.05) is 19.4 Å². The van der Waals surface area contributed by atoms with Crippen LogP contribution in [0.2, 0.25) is 0 Å². The van der Waals surface area contributed by atoms with Crippen molar-refractivity contribution in [3.05, 3.63) is 11.6 Å². The van der Waals surface area contributed by atoms with Gasteiger partial charge in [-0.2, -0.15) is 0 Å². The van der Waals surface area contributed by atoms with Gasteiger partial charge in [-0.25, -0.2) is 0 Å². The lowest BCUT2D eigenvalue weighted by Crippen LogP contribution is -2.46. The van der Waals surface area contributed by atoms with E-state index in [0.717, 1.165) is 6.42 Å². The van der Waals surface area contributed by atoms with Gasteiger partial charge >= 0.3 is 23.9 Å². The van der Waals surface area contributed by atoms with Crippen LogP contribution in [0.3, 0.4) is 0 Å². The first-order valence-corrected chi connectivity index (χ1v) is 10.2. The molecule has 1 aliphatic carbocycles. The molecule has 0 unspecified atom stereocenters. The van der Waals surface area contributed by atoms with Crippen molar-refractivity contribution in [1.82, 2.24) is 0 Å². The Bertz CT molecular complexity index is 613. The molecule has 8 nitrogen and oxygen atoms in total. The van der Waals surface area contributed by atoms with Gasteiger partial charge in [0.25, 0.3) is 0 Å². The van der Waals surface area contributed by atoms with Crippen LogP contribution in [0, 0.1) is 10.8 Å². The summed E-state index contributed by atoms with van der Waals surface area (Å²) in [4.78, 5) is 51.9. The van der Waals surface area contributed by atoms with Gasteiger partial charge < -0.3 is 18.9 Å². The Labute approximate surface area is 171 Å². The highest BCUT2D eigenvalue weighted by atomic mass is 16.6. The van der Waals surface area contributed by atoms with E-state index >= 15 is 0 Å². The summed E-state index contributed by atoms with van der Waals surface area (Å²) in [6.45, 7) is 8.55. The molecule has 164 valence electrons. The van der Waals surface area contributed by atoms with Gasteiger partial charge in [0.15, 0.2) is 10.8 Å². The lowest BCUT2D eigenvalue weighted by atomic mass is 9.78. The molecule has 0 saturated heterocycles.